The van der Waals surface area contributed by atoms with Crippen molar-refractivity contribution in [2.45, 2.75) is 13.8 Å². The Morgan fingerprint density at radius 3 is 2.55 bits per heavy atom. The predicted molar refractivity (Wildman–Crippen MR) is 85.2 cm³/mol. The molecule has 2 rings (SSSR count). The molecule has 7 heteroatoms. The number of aryl methyl sites for hydroxylation is 1. The van der Waals surface area contributed by atoms with Crippen LogP contribution in [-0.4, -0.2) is 16.7 Å². The van der Waals surface area contributed by atoms with Crippen LogP contribution in [0.5, 0.6) is 5.75 Å². The molecule has 0 saturated heterocycles. The second-order valence-corrected chi connectivity index (χ2v) is 5.47. The Morgan fingerprint density at radius 2 is 1.95 bits per heavy atom. The number of hydrogen-bond acceptors (Lipinski definition) is 5. The van der Waals surface area contributed by atoms with Crippen molar-refractivity contribution in [3.63, 3.8) is 0 Å². The molecule has 0 spiro atoms. The van der Waals surface area contributed by atoms with E-state index in [1.807, 2.05) is 0 Å². The van der Waals surface area contributed by atoms with Gasteiger partial charge in [0.05, 0.1) is 5.71 Å². The molecular formula is C15H13BrN2O4. The van der Waals surface area contributed by atoms with Gasteiger partial charge in [-0.05, 0) is 38.1 Å². The number of rotatable bonds is 3. The van der Waals surface area contributed by atoms with Gasteiger partial charge in [-0.2, -0.15) is 5.10 Å². The first-order chi connectivity index (χ1) is 10.4. The van der Waals surface area contributed by atoms with E-state index in [1.165, 1.54) is 13.0 Å². The summed E-state index contributed by atoms with van der Waals surface area (Å²) in [7, 11) is 0. The first-order valence-corrected chi connectivity index (χ1v) is 7.12. The van der Waals surface area contributed by atoms with E-state index in [2.05, 4.69) is 26.5 Å². The number of hydrazone groups is 1. The fourth-order valence-corrected chi connectivity index (χ4v) is 2.05. The minimum Gasteiger partial charge on any atom is -0.507 e. The van der Waals surface area contributed by atoms with Gasteiger partial charge in [0.1, 0.15) is 17.1 Å². The van der Waals surface area contributed by atoms with Crippen LogP contribution in [0.25, 0.3) is 0 Å². The quantitative estimate of drug-likeness (QED) is 0.646. The topological polar surface area (TPSA) is 91.9 Å². The number of halogens is 1. The molecule has 0 aliphatic rings. The zero-order valence-corrected chi connectivity index (χ0v) is 13.5. The van der Waals surface area contributed by atoms with Gasteiger partial charge in [0.25, 0.3) is 5.91 Å². The molecule has 0 unspecified atom stereocenters. The second kappa shape index (κ2) is 6.57. The summed E-state index contributed by atoms with van der Waals surface area (Å²) < 4.78 is 5.75. The number of amides is 1. The van der Waals surface area contributed by atoms with Crippen LogP contribution in [-0.2, 0) is 0 Å². The Balaban J connectivity index is 2.22. The third kappa shape index (κ3) is 3.62. The summed E-state index contributed by atoms with van der Waals surface area (Å²) in [5.41, 5.74) is 2.10. The Kier molecular flexibility index (Phi) is 4.77. The van der Waals surface area contributed by atoms with Crippen LogP contribution in [0.2, 0.25) is 0 Å². The third-order valence-corrected chi connectivity index (χ3v) is 3.38. The number of carbonyl (C=O) groups is 1. The van der Waals surface area contributed by atoms with E-state index in [0.717, 1.165) is 4.47 Å². The molecule has 22 heavy (non-hydrogen) atoms. The van der Waals surface area contributed by atoms with Crippen LogP contribution in [0.15, 0.2) is 49.1 Å². The van der Waals surface area contributed by atoms with Crippen LogP contribution in [0, 0.1) is 6.92 Å². The van der Waals surface area contributed by atoms with Crippen LogP contribution >= 0.6 is 15.9 Å². The zero-order chi connectivity index (χ0) is 16.3. The monoisotopic (exact) mass is 364 g/mol. The fraction of sp³-hybridized carbons (Fsp3) is 0.133. The van der Waals surface area contributed by atoms with Crippen molar-refractivity contribution in [3.8, 4) is 5.75 Å². The van der Waals surface area contributed by atoms with Crippen LogP contribution in [0.1, 0.15) is 28.6 Å². The van der Waals surface area contributed by atoms with Crippen molar-refractivity contribution in [2.75, 3.05) is 0 Å². The van der Waals surface area contributed by atoms with Gasteiger partial charge >= 0.3 is 5.63 Å². The number of nitrogens with zero attached hydrogens (tertiary/aromatic N) is 1. The van der Waals surface area contributed by atoms with E-state index in [-0.39, 0.29) is 22.8 Å². The van der Waals surface area contributed by atoms with Crippen molar-refractivity contribution in [3.05, 3.63) is 62.1 Å². The number of hydrogen-bond donors (Lipinski definition) is 2. The molecule has 0 radical (unpaired) electrons. The van der Waals surface area contributed by atoms with Gasteiger partial charge in [0.2, 0.25) is 0 Å². The SMILES string of the molecule is CC(=NNC(=O)c1ccc(Br)cc1)c1c(O)cc(C)oc1=O. The van der Waals surface area contributed by atoms with Gasteiger partial charge in [-0.15, -0.1) is 0 Å². The highest BCUT2D eigenvalue weighted by Gasteiger charge is 2.13. The second-order valence-electron chi connectivity index (χ2n) is 4.55. The van der Waals surface area contributed by atoms with Gasteiger partial charge in [0, 0.05) is 16.1 Å². The number of aromatic hydroxyl groups is 1. The Bertz CT molecular complexity index is 794. The van der Waals surface area contributed by atoms with E-state index in [1.54, 1.807) is 31.2 Å². The Labute approximate surface area is 134 Å². The maximum absolute atomic E-state index is 11.9. The predicted octanol–water partition coefficient (Wildman–Crippen LogP) is 2.57. The Hall–Kier alpha value is -2.41. The molecule has 0 fully saturated rings. The summed E-state index contributed by atoms with van der Waals surface area (Å²) in [5, 5.41) is 13.6. The lowest BCUT2D eigenvalue weighted by Crippen LogP contribution is -2.21. The highest BCUT2D eigenvalue weighted by atomic mass is 79.9. The van der Waals surface area contributed by atoms with E-state index >= 15 is 0 Å². The molecule has 0 aliphatic carbocycles. The molecule has 1 aromatic heterocycles. The first-order valence-electron chi connectivity index (χ1n) is 6.33. The molecule has 0 bridgehead atoms. The van der Waals surface area contributed by atoms with Crippen LogP contribution in [0.3, 0.4) is 0 Å². The molecule has 1 aromatic carbocycles. The molecule has 2 aromatic rings. The first kappa shape index (κ1) is 16.0. The lowest BCUT2D eigenvalue weighted by Gasteiger charge is -2.04. The average Bonchev–Trinajstić information content (AvgIpc) is 2.44. The fourth-order valence-electron chi connectivity index (χ4n) is 1.79. The van der Waals surface area contributed by atoms with Crippen LogP contribution in [0.4, 0.5) is 0 Å². The highest BCUT2D eigenvalue weighted by Crippen LogP contribution is 2.15. The van der Waals surface area contributed by atoms with E-state index in [4.69, 9.17) is 4.42 Å². The minimum atomic E-state index is -0.711. The molecule has 0 atom stereocenters. The van der Waals surface area contributed by atoms with Crippen molar-refractivity contribution in [1.82, 2.24) is 5.43 Å². The summed E-state index contributed by atoms with van der Waals surface area (Å²) in [5.74, 6) is -0.381. The van der Waals surface area contributed by atoms with Crippen molar-refractivity contribution >= 4 is 27.5 Å². The van der Waals surface area contributed by atoms with Crippen molar-refractivity contribution in [2.24, 2.45) is 5.10 Å². The van der Waals surface area contributed by atoms with Crippen LogP contribution < -0.4 is 11.1 Å². The summed E-state index contributed by atoms with van der Waals surface area (Å²) in [4.78, 5) is 23.6. The minimum absolute atomic E-state index is 0.0818. The largest absolute Gasteiger partial charge is 0.507 e. The van der Waals surface area contributed by atoms with Crippen molar-refractivity contribution in [1.29, 1.82) is 0 Å². The summed E-state index contributed by atoms with van der Waals surface area (Å²) in [6.45, 7) is 3.04. The van der Waals surface area contributed by atoms with E-state index in [0.29, 0.717) is 5.56 Å². The average molecular weight is 365 g/mol. The molecule has 0 saturated carbocycles. The van der Waals surface area contributed by atoms with Gasteiger partial charge in [-0.3, -0.25) is 4.79 Å². The number of benzene rings is 1. The van der Waals surface area contributed by atoms with Crippen molar-refractivity contribution < 1.29 is 14.3 Å². The lowest BCUT2D eigenvalue weighted by atomic mass is 10.2. The molecule has 0 aliphatic heterocycles. The molecule has 114 valence electrons. The summed E-state index contributed by atoms with van der Waals surface area (Å²) >= 11 is 3.28. The van der Waals surface area contributed by atoms with Gasteiger partial charge in [0.15, 0.2) is 0 Å². The smallest absolute Gasteiger partial charge is 0.348 e. The summed E-state index contributed by atoms with van der Waals surface area (Å²) in [6, 6.07) is 8.02. The number of carbonyl (C=O) groups excluding carboxylic acids is 1. The summed E-state index contributed by atoms with van der Waals surface area (Å²) in [6.07, 6.45) is 0. The lowest BCUT2D eigenvalue weighted by molar-refractivity contribution is 0.0954. The number of nitrogens with one attached hydrogen (secondary N) is 1. The zero-order valence-electron chi connectivity index (χ0n) is 11.9. The standard InChI is InChI=1S/C15H13BrN2O4/c1-8-7-12(19)13(15(21)22-8)9(2)17-18-14(20)10-3-5-11(16)6-4-10/h3-7,19H,1-2H3,(H,18,20). The molecule has 2 N–H and O–H groups in total. The van der Waals surface area contributed by atoms with Gasteiger partial charge in [-0.1, -0.05) is 15.9 Å². The third-order valence-electron chi connectivity index (χ3n) is 2.85. The van der Waals surface area contributed by atoms with E-state index < -0.39 is 11.5 Å². The maximum Gasteiger partial charge on any atom is 0.348 e. The molecule has 1 amide bonds. The van der Waals surface area contributed by atoms with Gasteiger partial charge < -0.3 is 9.52 Å². The normalized spacial score (nSPS) is 11.3. The Morgan fingerprint density at radius 1 is 1.32 bits per heavy atom. The molecular weight excluding hydrogens is 352 g/mol. The van der Waals surface area contributed by atoms with Gasteiger partial charge in [-0.25, -0.2) is 10.2 Å². The maximum atomic E-state index is 11.9. The molecule has 1 heterocycles. The molecule has 6 nitrogen and oxygen atoms in total. The van der Waals surface area contributed by atoms with E-state index in [9.17, 15) is 14.7 Å². The highest BCUT2D eigenvalue weighted by molar-refractivity contribution is 9.10.